The van der Waals surface area contributed by atoms with Crippen molar-refractivity contribution in [2.75, 3.05) is 6.61 Å². The van der Waals surface area contributed by atoms with Crippen molar-refractivity contribution in [1.29, 1.82) is 0 Å². The van der Waals surface area contributed by atoms with Gasteiger partial charge in [-0.15, -0.1) is 0 Å². The molecule has 0 saturated carbocycles. The van der Waals surface area contributed by atoms with Gasteiger partial charge < -0.3 is 18.9 Å². The van der Waals surface area contributed by atoms with E-state index in [0.717, 1.165) is 11.8 Å². The standard InChI is InChI=1S/C30H23ClN2O7S/c31-22-16-32-30(33-17-22)41-29-25(40-28(36)21-14-8-3-9-15-21)24(39-27(35)20-12-6-2-7-13-20)23(38-29)18-37-26(34)19-10-4-1-5-11-19/h1-17,23-25,29H,18H2/t23-,24-,25-,29+/m1/s1. The maximum atomic E-state index is 13.1. The van der Waals surface area contributed by atoms with Gasteiger partial charge in [0.05, 0.1) is 34.1 Å². The maximum absolute atomic E-state index is 13.1. The Bertz CT molecular complexity index is 1480. The van der Waals surface area contributed by atoms with Crippen molar-refractivity contribution in [3.63, 3.8) is 0 Å². The number of nitrogens with zero attached hydrogens (tertiary/aromatic N) is 2. The van der Waals surface area contributed by atoms with Crippen LogP contribution in [0.5, 0.6) is 0 Å². The summed E-state index contributed by atoms with van der Waals surface area (Å²) in [6, 6.07) is 25.2. The first-order valence-electron chi connectivity index (χ1n) is 12.5. The Morgan fingerprint density at radius 1 is 0.707 bits per heavy atom. The first-order valence-corrected chi connectivity index (χ1v) is 13.8. The van der Waals surface area contributed by atoms with Crippen LogP contribution in [0.4, 0.5) is 0 Å². The predicted molar refractivity (Wildman–Crippen MR) is 150 cm³/mol. The monoisotopic (exact) mass is 590 g/mol. The lowest BCUT2D eigenvalue weighted by Gasteiger charge is -2.24. The predicted octanol–water partition coefficient (Wildman–Crippen LogP) is 5.26. The van der Waals surface area contributed by atoms with Gasteiger partial charge in [-0.25, -0.2) is 24.4 Å². The first-order chi connectivity index (χ1) is 20.0. The molecule has 208 valence electrons. The molecular formula is C30H23ClN2O7S. The highest BCUT2D eigenvalue weighted by molar-refractivity contribution is 7.99. The van der Waals surface area contributed by atoms with E-state index in [4.69, 9.17) is 30.5 Å². The lowest BCUT2D eigenvalue weighted by Crippen LogP contribution is -2.41. The molecule has 4 aromatic rings. The van der Waals surface area contributed by atoms with Crippen LogP contribution in [0.3, 0.4) is 0 Å². The fourth-order valence-corrected chi connectivity index (χ4v) is 5.08. The number of ether oxygens (including phenoxy) is 4. The molecule has 11 heteroatoms. The van der Waals surface area contributed by atoms with E-state index in [1.165, 1.54) is 12.4 Å². The third-order valence-corrected chi connectivity index (χ3v) is 7.21. The number of hydrogen-bond acceptors (Lipinski definition) is 10. The third kappa shape index (κ3) is 7.29. The number of carbonyl (C=O) groups is 3. The first kappa shape index (κ1) is 28.3. The SMILES string of the molecule is O=C(OC[C@H]1O[C@@H](Sc2ncc(Cl)cn2)[C@H](OC(=O)c2ccccc2)[C@@H]1OC(=O)c1ccccc1)c1ccccc1. The number of rotatable bonds is 9. The highest BCUT2D eigenvalue weighted by atomic mass is 35.5. The second-order valence-electron chi connectivity index (χ2n) is 8.78. The van der Waals surface area contributed by atoms with Crippen LogP contribution in [-0.4, -0.2) is 58.2 Å². The van der Waals surface area contributed by atoms with Gasteiger partial charge in [0, 0.05) is 0 Å². The van der Waals surface area contributed by atoms with Gasteiger partial charge in [-0.1, -0.05) is 78.0 Å². The van der Waals surface area contributed by atoms with E-state index in [0.29, 0.717) is 16.1 Å². The van der Waals surface area contributed by atoms with Crippen LogP contribution in [0.2, 0.25) is 5.02 Å². The molecule has 0 aliphatic carbocycles. The molecule has 41 heavy (non-hydrogen) atoms. The summed E-state index contributed by atoms with van der Waals surface area (Å²) in [5.74, 6) is -1.89. The number of thioether (sulfide) groups is 1. The number of benzene rings is 3. The van der Waals surface area contributed by atoms with E-state index in [1.807, 2.05) is 0 Å². The van der Waals surface area contributed by atoms with Crippen LogP contribution in [0.1, 0.15) is 31.1 Å². The van der Waals surface area contributed by atoms with Crippen LogP contribution in [0.25, 0.3) is 0 Å². The molecule has 0 radical (unpaired) electrons. The highest BCUT2D eigenvalue weighted by Crippen LogP contribution is 2.37. The molecule has 0 N–H and O–H groups in total. The molecule has 3 aromatic carbocycles. The quantitative estimate of drug-likeness (QED) is 0.145. The molecule has 0 spiro atoms. The lowest BCUT2D eigenvalue weighted by atomic mass is 10.1. The summed E-state index contributed by atoms with van der Waals surface area (Å²) in [6.07, 6.45) is -0.386. The van der Waals surface area contributed by atoms with Gasteiger partial charge in [0.15, 0.2) is 22.8 Å². The Hall–Kier alpha value is -4.25. The number of halogens is 1. The fraction of sp³-hybridized carbons (Fsp3) is 0.167. The number of carbonyl (C=O) groups excluding carboxylic acids is 3. The Morgan fingerprint density at radius 3 is 1.68 bits per heavy atom. The zero-order chi connectivity index (χ0) is 28.6. The number of aromatic nitrogens is 2. The Balaban J connectivity index is 1.43. The second-order valence-corrected chi connectivity index (χ2v) is 10.3. The molecule has 2 heterocycles. The zero-order valence-electron chi connectivity index (χ0n) is 21.4. The largest absolute Gasteiger partial charge is 0.459 e. The van der Waals surface area contributed by atoms with Crippen molar-refractivity contribution in [2.24, 2.45) is 0 Å². The summed E-state index contributed by atoms with van der Waals surface area (Å²) >= 11 is 6.99. The van der Waals surface area contributed by atoms with E-state index >= 15 is 0 Å². The number of esters is 3. The van der Waals surface area contributed by atoms with Crippen LogP contribution in [0.15, 0.2) is 109 Å². The molecule has 1 fully saturated rings. The average Bonchev–Trinajstić information content (AvgIpc) is 3.33. The molecule has 0 bridgehead atoms. The van der Waals surface area contributed by atoms with Crippen LogP contribution in [0, 0.1) is 0 Å². The van der Waals surface area contributed by atoms with Crippen molar-refractivity contribution in [3.8, 4) is 0 Å². The summed E-state index contributed by atoms with van der Waals surface area (Å²) in [6.45, 7) is -0.279. The lowest BCUT2D eigenvalue weighted by molar-refractivity contribution is -0.0435. The summed E-state index contributed by atoms with van der Waals surface area (Å²) in [5, 5.41) is 0.629. The van der Waals surface area contributed by atoms with E-state index in [2.05, 4.69) is 9.97 Å². The minimum atomic E-state index is -1.14. The molecule has 1 aromatic heterocycles. The minimum absolute atomic E-state index is 0.279. The molecule has 4 atom stereocenters. The van der Waals surface area contributed by atoms with E-state index in [9.17, 15) is 14.4 Å². The van der Waals surface area contributed by atoms with Crippen molar-refractivity contribution in [3.05, 3.63) is 125 Å². The topological polar surface area (TPSA) is 114 Å². The van der Waals surface area contributed by atoms with Crippen molar-refractivity contribution < 1.29 is 33.3 Å². The Kier molecular flexibility index (Phi) is 9.25. The zero-order valence-corrected chi connectivity index (χ0v) is 22.9. The van der Waals surface area contributed by atoms with Gasteiger partial charge in [0.1, 0.15) is 12.7 Å². The fourth-order valence-electron chi connectivity index (χ4n) is 4.00. The smallest absolute Gasteiger partial charge is 0.338 e. The van der Waals surface area contributed by atoms with E-state index < -0.39 is 41.7 Å². The second kappa shape index (κ2) is 13.4. The summed E-state index contributed by atoms with van der Waals surface area (Å²) < 4.78 is 23.5. The van der Waals surface area contributed by atoms with Gasteiger partial charge in [-0.05, 0) is 36.4 Å². The molecule has 1 aliphatic rings. The van der Waals surface area contributed by atoms with Gasteiger partial charge in [-0.2, -0.15) is 0 Å². The third-order valence-electron chi connectivity index (χ3n) is 5.98. The molecule has 1 saturated heterocycles. The normalized spacial score (nSPS) is 19.7. The molecule has 1 aliphatic heterocycles. The Morgan fingerprint density at radius 2 is 1.17 bits per heavy atom. The molecular weight excluding hydrogens is 568 g/mol. The van der Waals surface area contributed by atoms with Gasteiger partial charge in [-0.3, -0.25) is 0 Å². The Labute approximate surface area is 244 Å². The van der Waals surface area contributed by atoms with Crippen LogP contribution < -0.4 is 0 Å². The molecule has 0 amide bonds. The molecule has 9 nitrogen and oxygen atoms in total. The molecule has 5 rings (SSSR count). The van der Waals surface area contributed by atoms with Crippen LogP contribution in [-0.2, 0) is 18.9 Å². The van der Waals surface area contributed by atoms with Crippen molar-refractivity contribution in [2.45, 2.75) is 28.9 Å². The maximum Gasteiger partial charge on any atom is 0.338 e. The highest BCUT2D eigenvalue weighted by Gasteiger charge is 2.51. The number of hydrogen-bond donors (Lipinski definition) is 0. The minimum Gasteiger partial charge on any atom is -0.459 e. The molecule has 0 unspecified atom stereocenters. The van der Waals surface area contributed by atoms with Gasteiger partial charge >= 0.3 is 17.9 Å². The van der Waals surface area contributed by atoms with Gasteiger partial charge in [0.25, 0.3) is 0 Å². The van der Waals surface area contributed by atoms with Crippen molar-refractivity contribution in [1.82, 2.24) is 9.97 Å². The van der Waals surface area contributed by atoms with E-state index in [-0.39, 0.29) is 17.3 Å². The van der Waals surface area contributed by atoms with E-state index in [1.54, 1.807) is 91.0 Å². The average molecular weight is 591 g/mol. The summed E-state index contributed by atoms with van der Waals surface area (Å²) in [5.41, 5.74) is 0.0117. The summed E-state index contributed by atoms with van der Waals surface area (Å²) in [7, 11) is 0. The van der Waals surface area contributed by atoms with Gasteiger partial charge in [0.2, 0.25) is 0 Å². The van der Waals surface area contributed by atoms with Crippen LogP contribution >= 0.6 is 23.4 Å². The van der Waals surface area contributed by atoms with Crippen molar-refractivity contribution >= 4 is 41.3 Å². The summed E-state index contributed by atoms with van der Waals surface area (Å²) in [4.78, 5) is 47.4.